The van der Waals surface area contributed by atoms with Crippen molar-refractivity contribution in [1.82, 2.24) is 0 Å². The van der Waals surface area contributed by atoms with Gasteiger partial charge in [-0.05, 0) is 31.1 Å². The number of hydrogen-bond acceptors (Lipinski definition) is 5. The molecule has 2 aliphatic heterocycles. The average molecular weight is 543 g/mol. The molecule has 40 heavy (non-hydrogen) atoms. The van der Waals surface area contributed by atoms with Gasteiger partial charge in [0.2, 0.25) is 5.69 Å². The number of carbonyl (C=O) groups excluding carboxylic acids is 1. The molecule has 2 unspecified atom stereocenters. The van der Waals surface area contributed by atoms with Crippen molar-refractivity contribution in [3.05, 3.63) is 83.1 Å². The van der Waals surface area contributed by atoms with E-state index >= 15 is 0 Å². The molecule has 1 aliphatic carbocycles. The van der Waals surface area contributed by atoms with Gasteiger partial charge in [0.05, 0.1) is 11.8 Å². The van der Waals surface area contributed by atoms with Crippen LogP contribution in [0.15, 0.2) is 72.0 Å². The lowest BCUT2D eigenvalue weighted by Crippen LogP contribution is -2.53. The first-order valence-electron chi connectivity index (χ1n) is 13.5. The summed E-state index contributed by atoms with van der Waals surface area (Å²) in [6.07, 6.45) is 1.97. The SMILES string of the molecule is CC1(C)C(/C=C2\C(=O)C(/C=C3/N(CCC(=O)O)c4ccccc4C3(C)C)C2[O-])=[N+](CCC(=O)O)c2ccccc21. The first-order valence-corrected chi connectivity index (χ1v) is 13.5. The van der Waals surface area contributed by atoms with Crippen LogP contribution in [-0.4, -0.2) is 57.4 Å². The van der Waals surface area contributed by atoms with E-state index in [2.05, 4.69) is 0 Å². The zero-order valence-corrected chi connectivity index (χ0v) is 23.2. The summed E-state index contributed by atoms with van der Waals surface area (Å²) in [5.41, 5.74) is 4.46. The van der Waals surface area contributed by atoms with Crippen molar-refractivity contribution in [1.29, 1.82) is 0 Å². The van der Waals surface area contributed by atoms with Crippen LogP contribution in [0, 0.1) is 5.92 Å². The number of carboxylic acid groups (broad SMARTS) is 2. The fourth-order valence-corrected chi connectivity index (χ4v) is 6.34. The quantitative estimate of drug-likeness (QED) is 0.387. The number of anilines is 1. The summed E-state index contributed by atoms with van der Waals surface area (Å²) in [5, 5.41) is 32.2. The second-order valence-corrected chi connectivity index (χ2v) is 11.7. The molecule has 8 nitrogen and oxygen atoms in total. The van der Waals surface area contributed by atoms with Crippen LogP contribution in [0.1, 0.15) is 51.7 Å². The van der Waals surface area contributed by atoms with Gasteiger partial charge >= 0.3 is 11.9 Å². The van der Waals surface area contributed by atoms with Gasteiger partial charge in [-0.1, -0.05) is 62.4 Å². The van der Waals surface area contributed by atoms with Gasteiger partial charge in [-0.15, -0.1) is 0 Å². The highest BCUT2D eigenvalue weighted by molar-refractivity contribution is 6.14. The van der Waals surface area contributed by atoms with Crippen LogP contribution in [0.4, 0.5) is 11.4 Å². The molecule has 0 spiro atoms. The Morgan fingerprint density at radius 3 is 2.23 bits per heavy atom. The first-order chi connectivity index (χ1) is 18.9. The molecule has 2 N–H and O–H groups in total. The molecule has 5 rings (SSSR count). The molecule has 0 bridgehead atoms. The van der Waals surface area contributed by atoms with Crippen LogP contribution < -0.4 is 10.0 Å². The smallest absolute Gasteiger partial charge is 0.309 e. The number of benzene rings is 2. The first kappa shape index (κ1) is 27.5. The van der Waals surface area contributed by atoms with Gasteiger partial charge in [-0.2, -0.15) is 4.58 Å². The normalized spacial score (nSPS) is 24.3. The summed E-state index contributed by atoms with van der Waals surface area (Å²) in [6, 6.07) is 15.5. The number of rotatable bonds is 8. The van der Waals surface area contributed by atoms with Gasteiger partial charge in [0, 0.05) is 47.0 Å². The molecule has 208 valence electrons. The number of carboxylic acids is 2. The Balaban J connectivity index is 1.51. The van der Waals surface area contributed by atoms with E-state index < -0.39 is 34.8 Å². The van der Waals surface area contributed by atoms with Gasteiger partial charge in [0.1, 0.15) is 6.42 Å². The summed E-state index contributed by atoms with van der Waals surface area (Å²) >= 11 is 0. The molecule has 2 atom stereocenters. The van der Waals surface area contributed by atoms with Crippen LogP contribution in [-0.2, 0) is 25.2 Å². The third-order valence-electron chi connectivity index (χ3n) is 8.55. The van der Waals surface area contributed by atoms with Crippen molar-refractivity contribution in [3.8, 4) is 0 Å². The Morgan fingerprint density at radius 2 is 1.57 bits per heavy atom. The molecular formula is C32H34N2O6. The zero-order chi connectivity index (χ0) is 29.0. The largest absolute Gasteiger partial charge is 0.848 e. The fourth-order valence-electron chi connectivity index (χ4n) is 6.34. The number of allylic oxidation sites excluding steroid dienone is 2. The minimum absolute atomic E-state index is 0.0769. The van der Waals surface area contributed by atoms with Crippen molar-refractivity contribution < 1.29 is 34.3 Å². The number of nitrogens with zero attached hydrogens (tertiary/aromatic N) is 2. The molecular weight excluding hydrogens is 508 g/mol. The van der Waals surface area contributed by atoms with E-state index in [1.807, 2.05) is 85.7 Å². The molecule has 0 aromatic heterocycles. The summed E-state index contributed by atoms with van der Waals surface area (Å²) in [4.78, 5) is 38.2. The predicted octanol–water partition coefficient (Wildman–Crippen LogP) is 3.55. The topological polar surface area (TPSA) is 121 Å². The van der Waals surface area contributed by atoms with E-state index in [1.165, 1.54) is 0 Å². The second-order valence-electron chi connectivity index (χ2n) is 11.7. The maximum Gasteiger partial charge on any atom is 0.309 e. The van der Waals surface area contributed by atoms with Crippen molar-refractivity contribution in [3.63, 3.8) is 0 Å². The maximum atomic E-state index is 13.6. The van der Waals surface area contributed by atoms with E-state index in [0.29, 0.717) is 0 Å². The number of ketones is 1. The number of fused-ring (bicyclic) bond motifs is 2. The van der Waals surface area contributed by atoms with Crippen LogP contribution in [0.25, 0.3) is 0 Å². The summed E-state index contributed by atoms with van der Waals surface area (Å²) in [7, 11) is 0. The van der Waals surface area contributed by atoms with Crippen LogP contribution in [0.3, 0.4) is 0 Å². The minimum Gasteiger partial charge on any atom is -0.848 e. The summed E-state index contributed by atoms with van der Waals surface area (Å²) < 4.78 is 1.91. The Kier molecular flexibility index (Phi) is 6.78. The number of Topliss-reactive ketones (excluding diaryl/α,β-unsaturated/α-hetero) is 1. The average Bonchev–Trinajstić information content (AvgIpc) is 3.26. The molecule has 2 aromatic carbocycles. The third-order valence-corrected chi connectivity index (χ3v) is 8.55. The highest BCUT2D eigenvalue weighted by Gasteiger charge is 2.48. The Bertz CT molecular complexity index is 1510. The number of carbonyl (C=O) groups is 3. The lowest BCUT2D eigenvalue weighted by atomic mass is 9.71. The molecule has 3 aliphatic rings. The van der Waals surface area contributed by atoms with Crippen LogP contribution in [0.2, 0.25) is 0 Å². The molecule has 0 amide bonds. The standard InChI is InChI=1S/C32H34N2O6/c1-31(2)21-9-5-7-11-23(21)33(15-13-27(35)36)25(31)17-19-29(39)20(30(19)40)18-26-32(3,4)22-10-6-8-12-24(22)34(26)16-14-28(37)38/h5-12,17-19,29H,13-16H2,1-4H3,(H,35,36)(H,37,38)/b20-18-,25-17+. The number of hydrogen-bond donors (Lipinski definition) is 2. The lowest BCUT2D eigenvalue weighted by molar-refractivity contribution is -0.437. The number of para-hydroxylation sites is 2. The van der Waals surface area contributed by atoms with Crippen molar-refractivity contribution in [2.24, 2.45) is 5.92 Å². The highest BCUT2D eigenvalue weighted by atomic mass is 16.4. The summed E-state index contributed by atoms with van der Waals surface area (Å²) in [5.74, 6) is -2.97. The minimum atomic E-state index is -1.28. The molecule has 0 saturated heterocycles. The van der Waals surface area contributed by atoms with E-state index in [0.717, 1.165) is 33.9 Å². The molecule has 8 heteroatoms. The van der Waals surface area contributed by atoms with Gasteiger partial charge < -0.3 is 20.2 Å². The highest BCUT2D eigenvalue weighted by Crippen LogP contribution is 2.49. The zero-order valence-electron chi connectivity index (χ0n) is 23.2. The molecule has 2 heterocycles. The van der Waals surface area contributed by atoms with Crippen molar-refractivity contribution in [2.45, 2.75) is 57.5 Å². The third kappa shape index (κ3) is 4.36. The Hall–Kier alpha value is -4.04. The molecule has 2 aromatic rings. The molecule has 0 radical (unpaired) electrons. The van der Waals surface area contributed by atoms with Gasteiger partial charge in [0.15, 0.2) is 18.0 Å². The monoisotopic (exact) mass is 542 g/mol. The fraction of sp³-hybridized carbons (Fsp3) is 0.375. The van der Waals surface area contributed by atoms with Gasteiger partial charge in [0.25, 0.3) is 0 Å². The van der Waals surface area contributed by atoms with Crippen molar-refractivity contribution in [2.75, 3.05) is 18.0 Å². The van der Waals surface area contributed by atoms with E-state index in [4.69, 9.17) is 0 Å². The van der Waals surface area contributed by atoms with Gasteiger partial charge in [-0.3, -0.25) is 14.4 Å². The van der Waals surface area contributed by atoms with E-state index in [9.17, 15) is 29.7 Å². The molecule has 1 saturated carbocycles. The van der Waals surface area contributed by atoms with Crippen LogP contribution >= 0.6 is 0 Å². The predicted molar refractivity (Wildman–Crippen MR) is 149 cm³/mol. The molecule has 1 fully saturated rings. The second kappa shape index (κ2) is 9.86. The van der Waals surface area contributed by atoms with E-state index in [1.54, 1.807) is 12.2 Å². The summed E-state index contributed by atoms with van der Waals surface area (Å²) in [6.45, 7) is 8.53. The van der Waals surface area contributed by atoms with Crippen molar-refractivity contribution >= 4 is 34.8 Å². The maximum absolute atomic E-state index is 13.6. The Labute approximate surface area is 233 Å². The lowest BCUT2D eigenvalue weighted by Gasteiger charge is -2.43. The number of aliphatic carboxylic acids is 2. The van der Waals surface area contributed by atoms with Crippen LogP contribution in [0.5, 0.6) is 0 Å². The Morgan fingerprint density at radius 1 is 0.950 bits per heavy atom. The van der Waals surface area contributed by atoms with Gasteiger partial charge in [-0.25, -0.2) is 0 Å². The van der Waals surface area contributed by atoms with E-state index in [-0.39, 0.29) is 37.3 Å².